The van der Waals surface area contributed by atoms with Crippen molar-refractivity contribution in [1.82, 2.24) is 5.32 Å². The minimum absolute atomic E-state index is 0.0387. The van der Waals surface area contributed by atoms with E-state index in [4.69, 9.17) is 14.2 Å². The number of esters is 1. The second-order valence-corrected chi connectivity index (χ2v) is 5.84. The van der Waals surface area contributed by atoms with Crippen molar-refractivity contribution in [3.05, 3.63) is 65.2 Å². The molecule has 0 aliphatic rings. The minimum Gasteiger partial charge on any atom is -0.493 e. The van der Waals surface area contributed by atoms with Gasteiger partial charge >= 0.3 is 5.97 Å². The molecule has 0 bridgehead atoms. The predicted octanol–water partition coefficient (Wildman–Crippen LogP) is 2.86. The van der Waals surface area contributed by atoms with Crippen LogP contribution in [0.5, 0.6) is 11.5 Å². The Bertz CT molecular complexity index is 917. The van der Waals surface area contributed by atoms with E-state index in [9.17, 15) is 14.9 Å². The van der Waals surface area contributed by atoms with Crippen molar-refractivity contribution in [1.29, 1.82) is 5.26 Å². The number of ether oxygens (including phenoxy) is 3. The number of hydrogen-bond acceptors (Lipinski definition) is 6. The third-order valence-corrected chi connectivity index (χ3v) is 3.81. The molecule has 1 N–H and O–H groups in total. The Labute approximate surface area is 169 Å². The minimum atomic E-state index is -0.486. The molecular formula is C22H22N2O5. The van der Waals surface area contributed by atoms with Crippen LogP contribution in [-0.4, -0.2) is 32.2 Å². The molecule has 0 unspecified atom stereocenters. The number of nitrogens with one attached hydrogen (secondary N) is 1. The number of benzene rings is 2. The van der Waals surface area contributed by atoms with Gasteiger partial charge in [-0.1, -0.05) is 36.4 Å². The van der Waals surface area contributed by atoms with Gasteiger partial charge in [-0.15, -0.1) is 0 Å². The third kappa shape index (κ3) is 6.70. The van der Waals surface area contributed by atoms with Crippen LogP contribution < -0.4 is 14.8 Å². The fourth-order valence-electron chi connectivity index (χ4n) is 2.42. The Kier molecular flexibility index (Phi) is 8.27. The summed E-state index contributed by atoms with van der Waals surface area (Å²) in [5.41, 5.74) is 1.47. The highest BCUT2D eigenvalue weighted by Gasteiger charge is 2.12. The van der Waals surface area contributed by atoms with Gasteiger partial charge in [-0.25, -0.2) is 4.79 Å². The van der Waals surface area contributed by atoms with E-state index in [1.54, 1.807) is 25.1 Å². The van der Waals surface area contributed by atoms with E-state index >= 15 is 0 Å². The highest BCUT2D eigenvalue weighted by atomic mass is 16.6. The first kappa shape index (κ1) is 21.5. The molecule has 0 atom stereocenters. The smallest absolute Gasteiger partial charge is 0.344 e. The summed E-state index contributed by atoms with van der Waals surface area (Å²) < 4.78 is 15.5. The van der Waals surface area contributed by atoms with E-state index in [0.29, 0.717) is 23.6 Å². The molecular weight excluding hydrogens is 372 g/mol. The molecule has 150 valence electrons. The summed E-state index contributed by atoms with van der Waals surface area (Å²) in [7, 11) is 1.46. The van der Waals surface area contributed by atoms with Gasteiger partial charge in [0, 0.05) is 6.54 Å². The van der Waals surface area contributed by atoms with Crippen LogP contribution in [0.15, 0.2) is 54.1 Å². The van der Waals surface area contributed by atoms with Crippen LogP contribution in [-0.2, 0) is 20.9 Å². The molecule has 29 heavy (non-hydrogen) atoms. The largest absolute Gasteiger partial charge is 0.493 e. The number of carbonyl (C=O) groups excluding carboxylic acids is 2. The van der Waals surface area contributed by atoms with Crippen LogP contribution in [0.2, 0.25) is 0 Å². The molecule has 0 saturated heterocycles. The van der Waals surface area contributed by atoms with Crippen molar-refractivity contribution < 1.29 is 23.8 Å². The summed E-state index contributed by atoms with van der Waals surface area (Å²) in [5, 5.41) is 12.1. The van der Waals surface area contributed by atoms with Crippen molar-refractivity contribution >= 4 is 18.0 Å². The normalized spacial score (nSPS) is 10.6. The van der Waals surface area contributed by atoms with Crippen molar-refractivity contribution in [3.63, 3.8) is 0 Å². The molecule has 0 aliphatic heterocycles. The van der Waals surface area contributed by atoms with Gasteiger partial charge in [-0.3, -0.25) is 4.79 Å². The number of methoxy groups -OCH3 is 1. The average Bonchev–Trinajstić information content (AvgIpc) is 2.75. The Hall–Kier alpha value is -3.79. The van der Waals surface area contributed by atoms with E-state index < -0.39 is 11.9 Å². The maximum Gasteiger partial charge on any atom is 0.344 e. The molecule has 0 radical (unpaired) electrons. The van der Waals surface area contributed by atoms with Crippen molar-refractivity contribution in [2.24, 2.45) is 0 Å². The SMILES string of the molecule is CCOC(=O)COc1ccc(/C=C(/C#N)C(=O)NCc2ccccc2)cc1OC. The molecule has 0 spiro atoms. The van der Waals surface area contributed by atoms with E-state index in [0.717, 1.165) is 5.56 Å². The average molecular weight is 394 g/mol. The zero-order valence-corrected chi connectivity index (χ0v) is 16.3. The first-order chi connectivity index (χ1) is 14.1. The highest BCUT2D eigenvalue weighted by Crippen LogP contribution is 2.29. The van der Waals surface area contributed by atoms with Crippen LogP contribution >= 0.6 is 0 Å². The summed E-state index contributed by atoms with van der Waals surface area (Å²) in [6.45, 7) is 2.06. The Morgan fingerprint density at radius 1 is 1.14 bits per heavy atom. The maximum absolute atomic E-state index is 12.3. The lowest BCUT2D eigenvalue weighted by Crippen LogP contribution is -2.23. The molecule has 2 aromatic rings. The fraction of sp³-hybridized carbons (Fsp3) is 0.227. The van der Waals surface area contributed by atoms with Gasteiger partial charge in [0.15, 0.2) is 18.1 Å². The molecule has 2 aromatic carbocycles. The summed E-state index contributed by atoms with van der Waals surface area (Å²) in [6.07, 6.45) is 1.46. The number of amides is 1. The molecule has 7 heteroatoms. The lowest BCUT2D eigenvalue weighted by atomic mass is 10.1. The lowest BCUT2D eigenvalue weighted by molar-refractivity contribution is -0.145. The lowest BCUT2D eigenvalue weighted by Gasteiger charge is -2.11. The molecule has 0 heterocycles. The van der Waals surface area contributed by atoms with Gasteiger partial charge in [0.25, 0.3) is 5.91 Å². The monoisotopic (exact) mass is 394 g/mol. The van der Waals surface area contributed by atoms with Gasteiger partial charge in [0.05, 0.1) is 13.7 Å². The van der Waals surface area contributed by atoms with Gasteiger partial charge in [-0.05, 0) is 36.3 Å². The van der Waals surface area contributed by atoms with Gasteiger partial charge in [-0.2, -0.15) is 5.26 Å². The number of nitrogens with zero attached hydrogens (tertiary/aromatic N) is 1. The zero-order chi connectivity index (χ0) is 21.1. The molecule has 0 aromatic heterocycles. The molecule has 7 nitrogen and oxygen atoms in total. The predicted molar refractivity (Wildman–Crippen MR) is 107 cm³/mol. The summed E-state index contributed by atoms with van der Waals surface area (Å²) in [5.74, 6) is -0.242. The van der Waals surface area contributed by atoms with E-state index in [-0.39, 0.29) is 18.8 Å². The third-order valence-electron chi connectivity index (χ3n) is 3.81. The van der Waals surface area contributed by atoms with E-state index in [1.807, 2.05) is 36.4 Å². The summed E-state index contributed by atoms with van der Waals surface area (Å²) in [6, 6.07) is 16.2. The first-order valence-corrected chi connectivity index (χ1v) is 8.97. The number of nitriles is 1. The summed E-state index contributed by atoms with van der Waals surface area (Å²) in [4.78, 5) is 23.7. The molecule has 0 fully saturated rings. The van der Waals surface area contributed by atoms with E-state index in [2.05, 4.69) is 5.32 Å². The number of hydrogen-bond donors (Lipinski definition) is 1. The van der Waals surface area contributed by atoms with Gasteiger partial charge in [0.1, 0.15) is 11.6 Å². The number of carbonyl (C=O) groups is 2. The number of rotatable bonds is 9. The van der Waals surface area contributed by atoms with Crippen LogP contribution in [0.4, 0.5) is 0 Å². The van der Waals surface area contributed by atoms with Gasteiger partial charge in [0.2, 0.25) is 0 Å². The van der Waals surface area contributed by atoms with Crippen molar-refractivity contribution in [2.45, 2.75) is 13.5 Å². The second kappa shape index (κ2) is 11.1. The Morgan fingerprint density at radius 3 is 2.55 bits per heavy atom. The molecule has 2 rings (SSSR count). The molecule has 0 aliphatic carbocycles. The van der Waals surface area contributed by atoms with Crippen LogP contribution in [0, 0.1) is 11.3 Å². The fourth-order valence-corrected chi connectivity index (χ4v) is 2.42. The Balaban J connectivity index is 2.08. The summed E-state index contributed by atoms with van der Waals surface area (Å²) >= 11 is 0. The quantitative estimate of drug-likeness (QED) is 0.399. The second-order valence-electron chi connectivity index (χ2n) is 5.84. The molecule has 1 amide bonds. The maximum atomic E-state index is 12.3. The highest BCUT2D eigenvalue weighted by molar-refractivity contribution is 6.01. The van der Waals surface area contributed by atoms with E-state index in [1.165, 1.54) is 13.2 Å². The Morgan fingerprint density at radius 2 is 1.90 bits per heavy atom. The van der Waals surface area contributed by atoms with Crippen molar-refractivity contribution in [3.8, 4) is 17.6 Å². The van der Waals surface area contributed by atoms with Crippen LogP contribution in [0.25, 0.3) is 6.08 Å². The standard InChI is InChI=1S/C22H22N2O5/c1-3-28-21(25)15-29-19-10-9-17(12-20(19)27-2)11-18(13-23)22(26)24-14-16-7-5-4-6-8-16/h4-12H,3,14-15H2,1-2H3,(H,24,26)/b18-11-. The van der Waals surface area contributed by atoms with Crippen molar-refractivity contribution in [2.75, 3.05) is 20.3 Å². The first-order valence-electron chi connectivity index (χ1n) is 8.97. The topological polar surface area (TPSA) is 97.7 Å². The molecule has 0 saturated carbocycles. The van der Waals surface area contributed by atoms with Gasteiger partial charge < -0.3 is 19.5 Å². The zero-order valence-electron chi connectivity index (χ0n) is 16.3. The van der Waals surface area contributed by atoms with Crippen LogP contribution in [0.3, 0.4) is 0 Å². The van der Waals surface area contributed by atoms with Crippen LogP contribution in [0.1, 0.15) is 18.1 Å².